The van der Waals surface area contributed by atoms with Crippen LogP contribution in [0, 0.1) is 0 Å². The topological polar surface area (TPSA) is 81.7 Å². The maximum absolute atomic E-state index is 12.2. The van der Waals surface area contributed by atoms with Crippen molar-refractivity contribution in [3.8, 4) is 0 Å². The van der Waals surface area contributed by atoms with E-state index in [4.69, 9.17) is 0 Å². The van der Waals surface area contributed by atoms with Gasteiger partial charge in [0.2, 0.25) is 5.91 Å². The lowest BCUT2D eigenvalue weighted by Crippen LogP contribution is -2.35. The third-order valence-corrected chi connectivity index (χ3v) is 4.44. The van der Waals surface area contributed by atoms with Gasteiger partial charge in [0.1, 0.15) is 6.10 Å². The number of nitrogens with one attached hydrogen (secondary N) is 2. The van der Waals surface area contributed by atoms with Crippen LogP contribution in [0.15, 0.2) is 24.3 Å². The van der Waals surface area contributed by atoms with Gasteiger partial charge >= 0.3 is 0 Å². The zero-order chi connectivity index (χ0) is 18.1. The van der Waals surface area contributed by atoms with E-state index in [1.807, 2.05) is 0 Å². The van der Waals surface area contributed by atoms with Crippen LogP contribution >= 0.6 is 0 Å². The third kappa shape index (κ3) is 6.84. The summed E-state index contributed by atoms with van der Waals surface area (Å²) < 4.78 is 0. The van der Waals surface area contributed by atoms with Gasteiger partial charge in [0.05, 0.1) is 6.54 Å². The summed E-state index contributed by atoms with van der Waals surface area (Å²) in [5.74, 6) is -0.435. The number of aliphatic hydroxyl groups is 1. The van der Waals surface area contributed by atoms with Gasteiger partial charge in [-0.1, -0.05) is 26.2 Å². The number of rotatable bonds is 6. The average Bonchev–Trinajstić information content (AvgIpc) is 2.58. The van der Waals surface area contributed by atoms with Crippen LogP contribution in [-0.4, -0.2) is 47.6 Å². The number of benzene rings is 1. The van der Waals surface area contributed by atoms with Crippen molar-refractivity contribution in [2.24, 2.45) is 0 Å². The normalized spacial score (nSPS) is 17.2. The third-order valence-electron chi connectivity index (χ3n) is 4.44. The van der Waals surface area contributed by atoms with E-state index in [9.17, 15) is 14.7 Å². The summed E-state index contributed by atoms with van der Waals surface area (Å²) in [4.78, 5) is 26.1. The van der Waals surface area contributed by atoms with Crippen molar-refractivity contribution in [2.45, 2.75) is 51.6 Å². The highest BCUT2D eigenvalue weighted by atomic mass is 16.3. The smallest absolute Gasteiger partial charge is 0.253 e. The molecule has 1 saturated heterocycles. The molecule has 1 aromatic rings. The maximum atomic E-state index is 12.2. The van der Waals surface area contributed by atoms with Crippen molar-refractivity contribution >= 4 is 23.2 Å². The molecule has 6 nitrogen and oxygen atoms in total. The minimum atomic E-state index is -1.00. The van der Waals surface area contributed by atoms with Gasteiger partial charge in [0.15, 0.2) is 0 Å². The van der Waals surface area contributed by atoms with Crippen molar-refractivity contribution in [1.82, 2.24) is 4.90 Å². The summed E-state index contributed by atoms with van der Waals surface area (Å²) in [5.41, 5.74) is 1.30. The Kier molecular flexibility index (Phi) is 7.88. The molecule has 1 atom stereocenters. The standard InChI is InChI=1S/C19H29N3O3/c1-2-17(23)19(25)21-16-10-8-15(9-11-16)20-18(24)14-22-12-6-4-3-5-7-13-22/h8-11,17,23H,2-7,12-14H2,1H3,(H,20,24)(H,21,25)/t17-/m1/s1. The molecule has 1 aliphatic rings. The fourth-order valence-corrected chi connectivity index (χ4v) is 2.92. The molecule has 1 heterocycles. The quantitative estimate of drug-likeness (QED) is 0.739. The first kappa shape index (κ1) is 19.4. The molecule has 1 aromatic carbocycles. The van der Waals surface area contributed by atoms with Crippen LogP contribution in [0.3, 0.4) is 0 Å². The van der Waals surface area contributed by atoms with Gasteiger partial charge in [-0.25, -0.2) is 0 Å². The number of hydrogen-bond donors (Lipinski definition) is 3. The summed E-state index contributed by atoms with van der Waals surface area (Å²) in [6.07, 6.45) is 5.48. The molecule has 3 N–H and O–H groups in total. The van der Waals surface area contributed by atoms with Gasteiger partial charge in [-0.05, 0) is 56.6 Å². The van der Waals surface area contributed by atoms with Gasteiger partial charge in [-0.15, -0.1) is 0 Å². The van der Waals surface area contributed by atoms with Crippen molar-refractivity contribution < 1.29 is 14.7 Å². The number of carbonyl (C=O) groups excluding carboxylic acids is 2. The first-order valence-electron chi connectivity index (χ1n) is 9.19. The molecule has 0 bridgehead atoms. The molecule has 0 spiro atoms. The number of likely N-dealkylation sites (tertiary alicyclic amines) is 1. The van der Waals surface area contributed by atoms with Crippen molar-refractivity contribution in [3.05, 3.63) is 24.3 Å². The lowest BCUT2D eigenvalue weighted by molar-refractivity contribution is -0.124. The monoisotopic (exact) mass is 347 g/mol. The van der Waals surface area contributed by atoms with Crippen LogP contribution in [-0.2, 0) is 9.59 Å². The largest absolute Gasteiger partial charge is 0.383 e. The minimum Gasteiger partial charge on any atom is -0.383 e. The van der Waals surface area contributed by atoms with Gasteiger partial charge in [0, 0.05) is 11.4 Å². The number of nitrogens with zero attached hydrogens (tertiary/aromatic N) is 1. The minimum absolute atomic E-state index is 0.0150. The van der Waals surface area contributed by atoms with E-state index >= 15 is 0 Å². The molecule has 2 rings (SSSR count). The SMILES string of the molecule is CC[C@@H](O)C(=O)Nc1ccc(NC(=O)CN2CCCCCCC2)cc1. The lowest BCUT2D eigenvalue weighted by atomic mass is 10.1. The van der Waals surface area contributed by atoms with E-state index in [0.29, 0.717) is 24.3 Å². The molecule has 0 aromatic heterocycles. The van der Waals surface area contributed by atoms with Crippen molar-refractivity contribution in [2.75, 3.05) is 30.3 Å². The Balaban J connectivity index is 1.81. The molecular formula is C19H29N3O3. The highest BCUT2D eigenvalue weighted by Gasteiger charge is 2.14. The Morgan fingerprint density at radius 1 is 1.00 bits per heavy atom. The zero-order valence-corrected chi connectivity index (χ0v) is 15.0. The number of aliphatic hydroxyl groups excluding tert-OH is 1. The summed E-state index contributed by atoms with van der Waals surface area (Å²) in [6.45, 7) is 4.13. The average molecular weight is 347 g/mol. The molecular weight excluding hydrogens is 318 g/mol. The first-order valence-corrected chi connectivity index (χ1v) is 9.19. The predicted molar refractivity (Wildman–Crippen MR) is 99.5 cm³/mol. The fourth-order valence-electron chi connectivity index (χ4n) is 2.92. The van der Waals surface area contributed by atoms with E-state index < -0.39 is 12.0 Å². The molecule has 25 heavy (non-hydrogen) atoms. The maximum Gasteiger partial charge on any atom is 0.253 e. The second-order valence-corrected chi connectivity index (χ2v) is 6.58. The molecule has 138 valence electrons. The molecule has 0 aliphatic carbocycles. The molecule has 6 heteroatoms. The van der Waals surface area contributed by atoms with E-state index in [1.165, 1.54) is 19.3 Å². The molecule has 1 aliphatic heterocycles. The molecule has 0 radical (unpaired) electrons. The van der Waals surface area contributed by atoms with E-state index in [2.05, 4.69) is 15.5 Å². The second-order valence-electron chi connectivity index (χ2n) is 6.58. The number of amides is 2. The number of carbonyl (C=O) groups is 2. The van der Waals surface area contributed by atoms with Crippen LogP contribution in [0.2, 0.25) is 0 Å². The summed E-state index contributed by atoms with van der Waals surface area (Å²) in [7, 11) is 0. The highest BCUT2D eigenvalue weighted by molar-refractivity contribution is 5.95. The molecule has 2 amide bonds. The fraction of sp³-hybridized carbons (Fsp3) is 0.579. The Morgan fingerprint density at radius 3 is 2.08 bits per heavy atom. The highest BCUT2D eigenvalue weighted by Crippen LogP contribution is 2.15. The van der Waals surface area contributed by atoms with E-state index in [0.717, 1.165) is 25.9 Å². The van der Waals surface area contributed by atoms with Crippen LogP contribution in [0.5, 0.6) is 0 Å². The lowest BCUT2D eigenvalue weighted by Gasteiger charge is -2.23. The predicted octanol–water partition coefficient (Wildman–Crippen LogP) is 2.60. The first-order chi connectivity index (χ1) is 12.1. The molecule has 1 fully saturated rings. The van der Waals surface area contributed by atoms with Crippen LogP contribution in [0.4, 0.5) is 11.4 Å². The molecule has 0 saturated carbocycles. The number of hydrogen-bond acceptors (Lipinski definition) is 4. The van der Waals surface area contributed by atoms with Crippen LogP contribution in [0.1, 0.15) is 45.4 Å². The van der Waals surface area contributed by atoms with Crippen molar-refractivity contribution in [1.29, 1.82) is 0 Å². The summed E-state index contributed by atoms with van der Waals surface area (Å²) >= 11 is 0. The second kappa shape index (κ2) is 10.2. The van der Waals surface area contributed by atoms with Gasteiger partial charge in [-0.2, -0.15) is 0 Å². The van der Waals surface area contributed by atoms with Crippen LogP contribution in [0.25, 0.3) is 0 Å². The Hall–Kier alpha value is -1.92. The number of anilines is 2. The van der Waals surface area contributed by atoms with Gasteiger partial charge in [0.25, 0.3) is 5.91 Å². The van der Waals surface area contributed by atoms with Gasteiger partial charge < -0.3 is 15.7 Å². The molecule has 0 unspecified atom stereocenters. The van der Waals surface area contributed by atoms with Crippen molar-refractivity contribution in [3.63, 3.8) is 0 Å². The summed E-state index contributed by atoms with van der Waals surface area (Å²) in [6, 6.07) is 6.93. The van der Waals surface area contributed by atoms with Gasteiger partial charge in [-0.3, -0.25) is 14.5 Å². The Morgan fingerprint density at radius 2 is 1.52 bits per heavy atom. The van der Waals surface area contributed by atoms with Crippen LogP contribution < -0.4 is 10.6 Å². The Labute approximate surface area is 149 Å². The Bertz CT molecular complexity index is 552. The van der Waals surface area contributed by atoms with E-state index in [1.54, 1.807) is 31.2 Å². The zero-order valence-electron chi connectivity index (χ0n) is 15.0. The summed E-state index contributed by atoms with van der Waals surface area (Å²) in [5, 5.41) is 15.0. The van der Waals surface area contributed by atoms with E-state index in [-0.39, 0.29) is 5.91 Å².